The molecule has 0 atom stereocenters. The van der Waals surface area contributed by atoms with Gasteiger partial charge in [0.05, 0.1) is 0 Å². The average molecular weight is 331 g/mol. The standard InChI is InChI=1S/C15H26N4O2.ClH/c1-2-17-14(21)19-15(7-3-4-8-15)13(20)18-11-12-5-9-16-10-6-12;/h5,16H,2-4,6-11H2,1H3,(H,18,20)(H2,17,19,21);1H. The van der Waals surface area contributed by atoms with E-state index in [4.69, 9.17) is 0 Å². The van der Waals surface area contributed by atoms with Gasteiger partial charge in [-0.1, -0.05) is 24.5 Å². The highest BCUT2D eigenvalue weighted by Crippen LogP contribution is 2.30. The zero-order valence-corrected chi connectivity index (χ0v) is 14.0. The van der Waals surface area contributed by atoms with Crippen LogP contribution in [0.15, 0.2) is 11.6 Å². The maximum absolute atomic E-state index is 12.6. The molecule has 2 aliphatic rings. The first-order valence-electron chi connectivity index (χ1n) is 7.89. The Hall–Kier alpha value is -1.27. The molecule has 126 valence electrons. The second-order valence-electron chi connectivity index (χ2n) is 5.77. The Morgan fingerprint density at radius 2 is 2.00 bits per heavy atom. The SMILES string of the molecule is CCNC(=O)NC1(C(=O)NCC2=CCNCC2)CCCC1.Cl. The summed E-state index contributed by atoms with van der Waals surface area (Å²) < 4.78 is 0. The molecule has 6 nitrogen and oxygen atoms in total. The summed E-state index contributed by atoms with van der Waals surface area (Å²) in [6, 6.07) is -0.254. The van der Waals surface area contributed by atoms with E-state index in [1.165, 1.54) is 5.57 Å². The van der Waals surface area contributed by atoms with E-state index in [1.54, 1.807) is 0 Å². The molecule has 1 aliphatic heterocycles. The number of amides is 3. The topological polar surface area (TPSA) is 82.3 Å². The zero-order chi connectivity index (χ0) is 15.1. The van der Waals surface area contributed by atoms with Gasteiger partial charge < -0.3 is 21.3 Å². The molecule has 22 heavy (non-hydrogen) atoms. The predicted molar refractivity (Wildman–Crippen MR) is 89.2 cm³/mol. The van der Waals surface area contributed by atoms with Crippen molar-refractivity contribution in [1.82, 2.24) is 21.3 Å². The van der Waals surface area contributed by atoms with Gasteiger partial charge in [-0.05, 0) is 32.7 Å². The first-order chi connectivity index (χ1) is 10.2. The second kappa shape index (κ2) is 9.00. The van der Waals surface area contributed by atoms with E-state index < -0.39 is 5.54 Å². The second-order valence-corrected chi connectivity index (χ2v) is 5.77. The van der Waals surface area contributed by atoms with Crippen LogP contribution in [0.4, 0.5) is 4.79 Å². The quantitative estimate of drug-likeness (QED) is 0.569. The van der Waals surface area contributed by atoms with Crippen LogP contribution >= 0.6 is 12.4 Å². The lowest BCUT2D eigenvalue weighted by Gasteiger charge is -2.29. The van der Waals surface area contributed by atoms with Crippen LogP contribution in [0.1, 0.15) is 39.0 Å². The minimum absolute atomic E-state index is 0. The molecule has 0 unspecified atom stereocenters. The summed E-state index contributed by atoms with van der Waals surface area (Å²) in [6.07, 6.45) is 6.49. The van der Waals surface area contributed by atoms with E-state index in [0.717, 1.165) is 45.2 Å². The van der Waals surface area contributed by atoms with Crippen LogP contribution < -0.4 is 21.3 Å². The lowest BCUT2D eigenvalue weighted by atomic mass is 9.96. The van der Waals surface area contributed by atoms with Crippen molar-refractivity contribution >= 4 is 24.3 Å². The van der Waals surface area contributed by atoms with Gasteiger partial charge in [0, 0.05) is 19.6 Å². The highest BCUT2D eigenvalue weighted by molar-refractivity contribution is 5.91. The molecule has 1 saturated carbocycles. The molecule has 1 fully saturated rings. The number of hydrogen-bond donors (Lipinski definition) is 4. The smallest absolute Gasteiger partial charge is 0.315 e. The molecule has 0 saturated heterocycles. The summed E-state index contributed by atoms with van der Waals surface area (Å²) in [5.74, 6) is -0.0503. The van der Waals surface area contributed by atoms with Crippen LogP contribution in [-0.2, 0) is 4.79 Å². The van der Waals surface area contributed by atoms with E-state index in [9.17, 15) is 9.59 Å². The van der Waals surface area contributed by atoms with Crippen LogP contribution in [0.2, 0.25) is 0 Å². The summed E-state index contributed by atoms with van der Waals surface area (Å²) in [7, 11) is 0. The summed E-state index contributed by atoms with van der Waals surface area (Å²) in [5, 5.41) is 11.9. The van der Waals surface area contributed by atoms with E-state index in [2.05, 4.69) is 27.3 Å². The van der Waals surface area contributed by atoms with Crippen molar-refractivity contribution < 1.29 is 9.59 Å². The maximum Gasteiger partial charge on any atom is 0.315 e. The molecule has 1 heterocycles. The third kappa shape index (κ3) is 4.88. The normalized spacial score (nSPS) is 19.6. The fourth-order valence-electron chi connectivity index (χ4n) is 3.00. The van der Waals surface area contributed by atoms with Gasteiger partial charge in [0.2, 0.25) is 5.91 Å². The Morgan fingerprint density at radius 1 is 1.27 bits per heavy atom. The third-order valence-electron chi connectivity index (χ3n) is 4.22. The Bertz CT molecular complexity index is 420. The van der Waals surface area contributed by atoms with Gasteiger partial charge in [-0.2, -0.15) is 0 Å². The van der Waals surface area contributed by atoms with Gasteiger partial charge in [-0.3, -0.25) is 4.79 Å². The van der Waals surface area contributed by atoms with E-state index in [0.29, 0.717) is 13.1 Å². The van der Waals surface area contributed by atoms with Crippen molar-refractivity contribution in [1.29, 1.82) is 0 Å². The summed E-state index contributed by atoms with van der Waals surface area (Å²) in [4.78, 5) is 24.3. The van der Waals surface area contributed by atoms with Crippen LogP contribution in [0.25, 0.3) is 0 Å². The number of hydrogen-bond acceptors (Lipinski definition) is 3. The highest BCUT2D eigenvalue weighted by atomic mass is 35.5. The largest absolute Gasteiger partial charge is 0.350 e. The number of carbonyl (C=O) groups is 2. The molecule has 0 bridgehead atoms. The molecule has 0 aromatic carbocycles. The summed E-state index contributed by atoms with van der Waals surface area (Å²) in [6.45, 7) is 4.84. The van der Waals surface area contributed by atoms with Crippen molar-refractivity contribution in [2.75, 3.05) is 26.2 Å². The van der Waals surface area contributed by atoms with Gasteiger partial charge in [0.25, 0.3) is 0 Å². The average Bonchev–Trinajstić information content (AvgIpc) is 2.95. The molecule has 4 N–H and O–H groups in total. The Balaban J connectivity index is 0.00000242. The molecular weight excluding hydrogens is 304 g/mol. The van der Waals surface area contributed by atoms with E-state index in [1.807, 2.05) is 6.92 Å². The lowest BCUT2D eigenvalue weighted by Crippen LogP contribution is -2.59. The third-order valence-corrected chi connectivity index (χ3v) is 4.22. The van der Waals surface area contributed by atoms with Crippen LogP contribution in [0.5, 0.6) is 0 Å². The number of carbonyl (C=O) groups excluding carboxylic acids is 2. The molecule has 2 rings (SSSR count). The van der Waals surface area contributed by atoms with Crippen LogP contribution in [-0.4, -0.2) is 43.7 Å². The molecule has 0 aromatic rings. The van der Waals surface area contributed by atoms with Crippen molar-refractivity contribution in [3.8, 4) is 0 Å². The first-order valence-corrected chi connectivity index (χ1v) is 7.89. The minimum Gasteiger partial charge on any atom is -0.350 e. The number of halogens is 1. The monoisotopic (exact) mass is 330 g/mol. The van der Waals surface area contributed by atoms with Gasteiger partial charge in [-0.25, -0.2) is 4.79 Å². The molecule has 0 aromatic heterocycles. The van der Waals surface area contributed by atoms with Crippen molar-refractivity contribution in [2.45, 2.75) is 44.6 Å². The van der Waals surface area contributed by atoms with Crippen molar-refractivity contribution in [2.24, 2.45) is 0 Å². The summed E-state index contributed by atoms with van der Waals surface area (Å²) >= 11 is 0. The van der Waals surface area contributed by atoms with Crippen LogP contribution in [0, 0.1) is 0 Å². The highest BCUT2D eigenvalue weighted by Gasteiger charge is 2.42. The summed E-state index contributed by atoms with van der Waals surface area (Å²) in [5.41, 5.74) is 0.528. The van der Waals surface area contributed by atoms with Crippen molar-refractivity contribution in [3.63, 3.8) is 0 Å². The Kier molecular flexibility index (Phi) is 7.68. The molecule has 0 radical (unpaired) electrons. The Labute approximate surface area is 138 Å². The van der Waals surface area contributed by atoms with Gasteiger partial charge in [0.1, 0.15) is 5.54 Å². The fourth-order valence-corrected chi connectivity index (χ4v) is 3.00. The molecule has 0 spiro atoms. The fraction of sp³-hybridized carbons (Fsp3) is 0.733. The number of nitrogens with one attached hydrogen (secondary N) is 4. The van der Waals surface area contributed by atoms with Gasteiger partial charge >= 0.3 is 6.03 Å². The molecular formula is C15H27ClN4O2. The predicted octanol–water partition coefficient (Wildman–Crippen LogP) is 1.08. The molecule has 1 aliphatic carbocycles. The Morgan fingerprint density at radius 3 is 2.59 bits per heavy atom. The molecule has 7 heteroatoms. The molecule has 3 amide bonds. The first kappa shape index (κ1) is 18.8. The minimum atomic E-state index is -0.729. The van der Waals surface area contributed by atoms with Gasteiger partial charge in [-0.15, -0.1) is 12.4 Å². The number of urea groups is 1. The van der Waals surface area contributed by atoms with Crippen LogP contribution in [0.3, 0.4) is 0 Å². The van der Waals surface area contributed by atoms with Crippen molar-refractivity contribution in [3.05, 3.63) is 11.6 Å². The van der Waals surface area contributed by atoms with E-state index >= 15 is 0 Å². The maximum atomic E-state index is 12.6. The number of rotatable bonds is 5. The zero-order valence-electron chi connectivity index (χ0n) is 13.2. The lowest BCUT2D eigenvalue weighted by molar-refractivity contribution is -0.126. The van der Waals surface area contributed by atoms with E-state index in [-0.39, 0.29) is 24.3 Å². The van der Waals surface area contributed by atoms with Gasteiger partial charge in [0.15, 0.2) is 0 Å².